The molecule has 4 heteroatoms. The van der Waals surface area contributed by atoms with Gasteiger partial charge in [0.25, 0.3) is 0 Å². The topological polar surface area (TPSA) is 54.0 Å². The zero-order chi connectivity index (χ0) is 25.3. The highest BCUT2D eigenvalue weighted by molar-refractivity contribution is 5.93. The van der Waals surface area contributed by atoms with Crippen LogP contribution < -0.4 is 10.6 Å². The Bertz CT molecular complexity index is 1170. The Morgan fingerprint density at radius 2 is 1.78 bits per heavy atom. The molecule has 2 N–H and O–H groups in total. The SMILES string of the molecule is C=C1C=CC=CC1C1CCC(C2CC(NC(=O)CNc3ccnc4ccc(C(C)(C)C)cc34)C2)CC1. The number of fused-ring (bicyclic) bond motifs is 1. The molecule has 2 fully saturated rings. The number of nitrogens with zero attached hydrogens (tertiary/aromatic N) is 1. The molecule has 1 atom stereocenters. The Hall–Kier alpha value is -2.88. The van der Waals surface area contributed by atoms with Crippen molar-refractivity contribution in [1.29, 1.82) is 0 Å². The zero-order valence-electron chi connectivity index (χ0n) is 22.1. The largest absolute Gasteiger partial charge is 0.376 e. The number of carbonyl (C=O) groups excluding carboxylic acids is 1. The van der Waals surface area contributed by atoms with Crippen LogP contribution in [0.4, 0.5) is 5.69 Å². The molecule has 4 nitrogen and oxygen atoms in total. The van der Waals surface area contributed by atoms with E-state index in [1.807, 2.05) is 12.3 Å². The van der Waals surface area contributed by atoms with Crippen LogP contribution in [0.2, 0.25) is 0 Å². The van der Waals surface area contributed by atoms with E-state index in [-0.39, 0.29) is 11.3 Å². The van der Waals surface area contributed by atoms with Crippen molar-refractivity contribution in [1.82, 2.24) is 10.3 Å². The van der Waals surface area contributed by atoms with E-state index < -0.39 is 0 Å². The summed E-state index contributed by atoms with van der Waals surface area (Å²) in [4.78, 5) is 17.2. The monoisotopic (exact) mass is 483 g/mol. The highest BCUT2D eigenvalue weighted by atomic mass is 16.2. The molecule has 0 aliphatic heterocycles. The molecule has 2 aromatic rings. The van der Waals surface area contributed by atoms with Gasteiger partial charge in [-0.05, 0) is 91.0 Å². The second-order valence-corrected chi connectivity index (χ2v) is 12.2. The number of allylic oxidation sites excluding steroid dienone is 5. The number of carbonyl (C=O) groups is 1. The third-order valence-electron chi connectivity index (χ3n) is 8.75. The number of hydrogen-bond acceptors (Lipinski definition) is 3. The lowest BCUT2D eigenvalue weighted by atomic mass is 9.64. The van der Waals surface area contributed by atoms with Crippen molar-refractivity contribution < 1.29 is 4.79 Å². The molecule has 0 saturated heterocycles. The summed E-state index contributed by atoms with van der Waals surface area (Å²) >= 11 is 0. The minimum atomic E-state index is 0.0670. The minimum Gasteiger partial charge on any atom is -0.376 e. The van der Waals surface area contributed by atoms with E-state index in [1.165, 1.54) is 36.8 Å². The number of anilines is 1. The van der Waals surface area contributed by atoms with Crippen LogP contribution in [0.25, 0.3) is 10.9 Å². The van der Waals surface area contributed by atoms with E-state index in [4.69, 9.17) is 0 Å². The number of amides is 1. The van der Waals surface area contributed by atoms with Crippen LogP contribution in [0, 0.1) is 23.7 Å². The van der Waals surface area contributed by atoms with Crippen molar-refractivity contribution in [2.45, 2.75) is 70.8 Å². The molecule has 5 rings (SSSR count). The van der Waals surface area contributed by atoms with Crippen LogP contribution in [0.5, 0.6) is 0 Å². The Balaban J connectivity index is 1.07. The van der Waals surface area contributed by atoms with Crippen LogP contribution in [0.3, 0.4) is 0 Å². The van der Waals surface area contributed by atoms with Crippen LogP contribution in [-0.2, 0) is 10.2 Å². The fraction of sp³-hybridized carbons (Fsp3) is 0.500. The Labute approximate surface area is 216 Å². The highest BCUT2D eigenvalue weighted by Crippen LogP contribution is 2.45. The first-order valence-electron chi connectivity index (χ1n) is 13.7. The molecule has 3 aliphatic rings. The number of rotatable bonds is 6. The van der Waals surface area contributed by atoms with E-state index in [1.54, 1.807) is 0 Å². The molecule has 1 unspecified atom stereocenters. The quantitative estimate of drug-likeness (QED) is 0.468. The molecule has 1 aromatic heterocycles. The maximum Gasteiger partial charge on any atom is 0.239 e. The zero-order valence-corrected chi connectivity index (χ0v) is 22.1. The summed E-state index contributed by atoms with van der Waals surface area (Å²) < 4.78 is 0. The van der Waals surface area contributed by atoms with Crippen molar-refractivity contribution in [3.63, 3.8) is 0 Å². The molecular formula is C32H41N3O. The molecule has 36 heavy (non-hydrogen) atoms. The van der Waals surface area contributed by atoms with Gasteiger partial charge in [-0.25, -0.2) is 0 Å². The molecule has 0 spiro atoms. The third kappa shape index (κ3) is 5.43. The lowest BCUT2D eigenvalue weighted by molar-refractivity contribution is -0.121. The highest BCUT2D eigenvalue weighted by Gasteiger charge is 2.38. The fourth-order valence-corrected chi connectivity index (χ4v) is 6.42. The number of nitrogens with one attached hydrogen (secondary N) is 2. The van der Waals surface area contributed by atoms with Crippen LogP contribution in [-0.4, -0.2) is 23.5 Å². The average molecular weight is 484 g/mol. The van der Waals surface area contributed by atoms with Gasteiger partial charge in [-0.3, -0.25) is 9.78 Å². The second kappa shape index (κ2) is 10.2. The van der Waals surface area contributed by atoms with Crippen LogP contribution in [0.15, 0.2) is 66.9 Å². The van der Waals surface area contributed by atoms with Crippen molar-refractivity contribution in [2.24, 2.45) is 23.7 Å². The van der Waals surface area contributed by atoms with E-state index in [2.05, 4.69) is 85.5 Å². The smallest absolute Gasteiger partial charge is 0.239 e. The van der Waals surface area contributed by atoms with Gasteiger partial charge >= 0.3 is 0 Å². The number of hydrogen-bond donors (Lipinski definition) is 2. The molecular weight excluding hydrogens is 442 g/mol. The number of aromatic nitrogens is 1. The molecule has 0 bridgehead atoms. The summed E-state index contributed by atoms with van der Waals surface area (Å²) in [5.41, 5.74) is 4.52. The van der Waals surface area contributed by atoms with Gasteiger partial charge in [0.2, 0.25) is 5.91 Å². The molecule has 1 amide bonds. The summed E-state index contributed by atoms with van der Waals surface area (Å²) in [7, 11) is 0. The number of benzene rings is 1. The molecule has 1 heterocycles. The van der Waals surface area contributed by atoms with Gasteiger partial charge in [0.1, 0.15) is 0 Å². The van der Waals surface area contributed by atoms with Gasteiger partial charge in [-0.2, -0.15) is 0 Å². The van der Waals surface area contributed by atoms with E-state index >= 15 is 0 Å². The van der Waals surface area contributed by atoms with Crippen molar-refractivity contribution in [3.05, 3.63) is 72.5 Å². The van der Waals surface area contributed by atoms with Gasteiger partial charge in [0.05, 0.1) is 12.1 Å². The first-order chi connectivity index (χ1) is 17.3. The number of pyridine rings is 1. The predicted molar refractivity (Wildman–Crippen MR) is 150 cm³/mol. The summed E-state index contributed by atoms with van der Waals surface area (Å²) in [6, 6.07) is 8.71. The van der Waals surface area contributed by atoms with E-state index in [0.29, 0.717) is 18.5 Å². The lowest BCUT2D eigenvalue weighted by Gasteiger charge is -2.44. The fourth-order valence-electron chi connectivity index (χ4n) is 6.42. The average Bonchev–Trinajstić information content (AvgIpc) is 2.84. The molecule has 3 aliphatic carbocycles. The van der Waals surface area contributed by atoms with Gasteiger partial charge in [-0.15, -0.1) is 0 Å². The van der Waals surface area contributed by atoms with Gasteiger partial charge in [0.15, 0.2) is 0 Å². The van der Waals surface area contributed by atoms with Crippen molar-refractivity contribution in [2.75, 3.05) is 11.9 Å². The molecule has 0 radical (unpaired) electrons. The Kier molecular flexibility index (Phi) is 7.05. The maximum absolute atomic E-state index is 12.7. The summed E-state index contributed by atoms with van der Waals surface area (Å²) in [6.45, 7) is 11.2. The summed E-state index contributed by atoms with van der Waals surface area (Å²) in [5, 5.41) is 7.69. The Morgan fingerprint density at radius 3 is 2.50 bits per heavy atom. The Morgan fingerprint density at radius 1 is 1.03 bits per heavy atom. The van der Waals surface area contributed by atoms with E-state index in [0.717, 1.165) is 47.2 Å². The first kappa shape index (κ1) is 24.8. The third-order valence-corrected chi connectivity index (χ3v) is 8.75. The van der Waals surface area contributed by atoms with Gasteiger partial charge < -0.3 is 10.6 Å². The van der Waals surface area contributed by atoms with Gasteiger partial charge in [-0.1, -0.05) is 57.7 Å². The van der Waals surface area contributed by atoms with Crippen LogP contribution in [0.1, 0.15) is 64.9 Å². The summed E-state index contributed by atoms with van der Waals surface area (Å²) in [5.74, 6) is 2.96. The maximum atomic E-state index is 12.7. The molecule has 190 valence electrons. The summed E-state index contributed by atoms with van der Waals surface area (Å²) in [6.07, 6.45) is 18.1. The minimum absolute atomic E-state index is 0.0670. The standard InChI is InChI=1S/C32H41N3O/c1-21-7-5-6-8-27(21)23-11-9-22(10-12-23)24-17-26(18-24)35-31(36)20-34-30-15-16-33-29-14-13-25(19-28(29)30)32(2,3)4/h5-8,13-16,19,22-24,26-27H,1,9-12,17-18,20H2,2-4H3,(H,33,34)(H,35,36). The molecule has 1 aromatic carbocycles. The normalized spacial score (nSPS) is 28.1. The van der Waals surface area contributed by atoms with Crippen LogP contribution >= 0.6 is 0 Å². The van der Waals surface area contributed by atoms with Crippen molar-refractivity contribution >= 4 is 22.5 Å². The predicted octanol–water partition coefficient (Wildman–Crippen LogP) is 6.94. The van der Waals surface area contributed by atoms with Crippen molar-refractivity contribution in [3.8, 4) is 0 Å². The van der Waals surface area contributed by atoms with E-state index in [9.17, 15) is 4.79 Å². The lowest BCUT2D eigenvalue weighted by Crippen LogP contribution is -2.48. The first-order valence-corrected chi connectivity index (χ1v) is 13.7. The molecule has 2 saturated carbocycles. The second-order valence-electron chi connectivity index (χ2n) is 12.2. The van der Waals surface area contributed by atoms with Gasteiger partial charge in [0, 0.05) is 29.2 Å².